The van der Waals surface area contributed by atoms with Gasteiger partial charge in [-0.25, -0.2) is 9.97 Å². The van der Waals surface area contributed by atoms with Gasteiger partial charge in [0, 0.05) is 23.7 Å². The molecular formula is C14H21N3O. The molecule has 2 rings (SSSR count). The van der Waals surface area contributed by atoms with Crippen molar-refractivity contribution in [1.82, 2.24) is 9.97 Å². The minimum absolute atomic E-state index is 0.277. The van der Waals surface area contributed by atoms with Crippen molar-refractivity contribution in [2.75, 3.05) is 5.32 Å². The number of anilines is 1. The van der Waals surface area contributed by atoms with E-state index in [-0.39, 0.29) is 5.92 Å². The maximum atomic E-state index is 11.3. The zero-order valence-corrected chi connectivity index (χ0v) is 11.1. The lowest BCUT2D eigenvalue weighted by Crippen LogP contribution is -2.28. The van der Waals surface area contributed by atoms with E-state index in [2.05, 4.69) is 22.2 Å². The van der Waals surface area contributed by atoms with Crippen LogP contribution in [-0.2, 0) is 11.2 Å². The first-order chi connectivity index (χ1) is 8.69. The smallest absolute Gasteiger partial charge is 0.132 e. The summed E-state index contributed by atoms with van der Waals surface area (Å²) in [7, 11) is 0. The number of nitrogens with one attached hydrogen (secondary N) is 1. The van der Waals surface area contributed by atoms with Crippen LogP contribution >= 0.6 is 0 Å². The largest absolute Gasteiger partial charge is 0.367 e. The van der Waals surface area contributed by atoms with E-state index in [4.69, 9.17) is 0 Å². The van der Waals surface area contributed by atoms with Crippen LogP contribution in [0.15, 0.2) is 12.4 Å². The average molecular weight is 247 g/mol. The second kappa shape index (κ2) is 5.94. The van der Waals surface area contributed by atoms with Crippen LogP contribution in [0, 0.1) is 5.92 Å². The van der Waals surface area contributed by atoms with Gasteiger partial charge in [0.1, 0.15) is 17.9 Å². The third-order valence-electron chi connectivity index (χ3n) is 3.74. The molecule has 0 aliphatic heterocycles. The van der Waals surface area contributed by atoms with Crippen LogP contribution in [0.4, 0.5) is 5.82 Å². The third kappa shape index (κ3) is 3.28. The van der Waals surface area contributed by atoms with Crippen molar-refractivity contribution < 1.29 is 4.79 Å². The van der Waals surface area contributed by atoms with Crippen LogP contribution < -0.4 is 5.32 Å². The molecule has 1 N–H and O–H groups in total. The highest BCUT2D eigenvalue weighted by atomic mass is 16.1. The molecule has 18 heavy (non-hydrogen) atoms. The normalized spacial score (nSPS) is 23.7. The van der Waals surface area contributed by atoms with Gasteiger partial charge < -0.3 is 5.32 Å². The predicted molar refractivity (Wildman–Crippen MR) is 71.5 cm³/mol. The third-order valence-corrected chi connectivity index (χ3v) is 3.74. The molecule has 0 unspecified atom stereocenters. The summed E-state index contributed by atoms with van der Waals surface area (Å²) in [5.74, 6) is 1.52. The highest BCUT2D eigenvalue weighted by Gasteiger charge is 2.23. The summed E-state index contributed by atoms with van der Waals surface area (Å²) in [5, 5.41) is 3.45. The standard InChI is InChI=1S/C14H21N3O/c1-3-12-8-14(16-9-15-12)17-13-6-4-11(5-7-13)10(2)18/h8-9,11,13H,3-7H2,1-2H3,(H,15,16,17). The van der Waals surface area contributed by atoms with E-state index in [0.717, 1.165) is 43.6 Å². The molecule has 4 nitrogen and oxygen atoms in total. The quantitative estimate of drug-likeness (QED) is 0.888. The van der Waals surface area contributed by atoms with Crippen molar-refractivity contribution in [2.24, 2.45) is 5.92 Å². The number of aromatic nitrogens is 2. The summed E-state index contributed by atoms with van der Waals surface area (Å²) in [5.41, 5.74) is 1.06. The molecule has 0 atom stereocenters. The fraction of sp³-hybridized carbons (Fsp3) is 0.643. The van der Waals surface area contributed by atoms with Crippen molar-refractivity contribution in [2.45, 2.75) is 52.0 Å². The topological polar surface area (TPSA) is 54.9 Å². The Balaban J connectivity index is 1.89. The second-order valence-electron chi connectivity index (χ2n) is 5.05. The van der Waals surface area contributed by atoms with Crippen LogP contribution in [0.3, 0.4) is 0 Å². The van der Waals surface area contributed by atoms with Gasteiger partial charge in [-0.2, -0.15) is 0 Å². The van der Waals surface area contributed by atoms with Gasteiger partial charge in [-0.1, -0.05) is 6.92 Å². The van der Waals surface area contributed by atoms with Crippen LogP contribution in [-0.4, -0.2) is 21.8 Å². The number of hydrogen-bond acceptors (Lipinski definition) is 4. The lowest BCUT2D eigenvalue weighted by Gasteiger charge is -2.28. The second-order valence-corrected chi connectivity index (χ2v) is 5.05. The fourth-order valence-electron chi connectivity index (χ4n) is 2.52. The number of carbonyl (C=O) groups excluding carboxylic acids is 1. The zero-order valence-electron chi connectivity index (χ0n) is 11.1. The first-order valence-corrected chi connectivity index (χ1v) is 6.77. The molecule has 0 bridgehead atoms. The highest BCUT2D eigenvalue weighted by molar-refractivity contribution is 5.78. The number of aryl methyl sites for hydroxylation is 1. The highest BCUT2D eigenvalue weighted by Crippen LogP contribution is 2.26. The summed E-state index contributed by atoms with van der Waals surface area (Å²) in [6.45, 7) is 3.79. The van der Waals surface area contributed by atoms with Crippen molar-refractivity contribution in [3.8, 4) is 0 Å². The molecule has 98 valence electrons. The summed E-state index contributed by atoms with van der Waals surface area (Å²) in [6, 6.07) is 2.46. The summed E-state index contributed by atoms with van der Waals surface area (Å²) in [4.78, 5) is 19.7. The molecule has 1 fully saturated rings. The van der Waals surface area contributed by atoms with Gasteiger partial charge in [0.15, 0.2) is 0 Å². The minimum atomic E-state index is 0.277. The van der Waals surface area contributed by atoms with E-state index in [1.165, 1.54) is 0 Å². The Bertz CT molecular complexity index is 411. The van der Waals surface area contributed by atoms with Crippen molar-refractivity contribution in [3.05, 3.63) is 18.1 Å². The number of rotatable bonds is 4. The van der Waals surface area contributed by atoms with Crippen molar-refractivity contribution in [1.29, 1.82) is 0 Å². The number of hydrogen-bond donors (Lipinski definition) is 1. The zero-order chi connectivity index (χ0) is 13.0. The molecule has 1 aliphatic rings. The van der Waals surface area contributed by atoms with E-state index in [1.807, 2.05) is 6.07 Å². The molecule has 4 heteroatoms. The minimum Gasteiger partial charge on any atom is -0.367 e. The molecule has 1 aliphatic carbocycles. The molecule has 0 amide bonds. The Kier molecular flexibility index (Phi) is 4.28. The maximum absolute atomic E-state index is 11.3. The lowest BCUT2D eigenvalue weighted by atomic mass is 9.84. The maximum Gasteiger partial charge on any atom is 0.132 e. The number of ketones is 1. The molecule has 0 aromatic carbocycles. The molecule has 1 aromatic rings. The van der Waals surface area contributed by atoms with Crippen LogP contribution in [0.5, 0.6) is 0 Å². The Morgan fingerprint density at radius 1 is 1.33 bits per heavy atom. The van der Waals surface area contributed by atoms with Crippen LogP contribution in [0.25, 0.3) is 0 Å². The van der Waals surface area contributed by atoms with Crippen LogP contribution in [0.1, 0.15) is 45.2 Å². The van der Waals surface area contributed by atoms with Gasteiger partial charge in [-0.05, 0) is 39.0 Å². The summed E-state index contributed by atoms with van der Waals surface area (Å²) in [6.07, 6.45) is 6.64. The molecule has 0 spiro atoms. The molecule has 1 aromatic heterocycles. The Morgan fingerprint density at radius 3 is 2.67 bits per heavy atom. The fourth-order valence-corrected chi connectivity index (χ4v) is 2.52. The van der Waals surface area contributed by atoms with E-state index in [9.17, 15) is 4.79 Å². The van der Waals surface area contributed by atoms with Gasteiger partial charge >= 0.3 is 0 Å². The monoisotopic (exact) mass is 247 g/mol. The average Bonchev–Trinajstić information content (AvgIpc) is 2.39. The van der Waals surface area contributed by atoms with Gasteiger partial charge in [0.25, 0.3) is 0 Å². The van der Waals surface area contributed by atoms with E-state index in [0.29, 0.717) is 11.8 Å². The molecule has 0 radical (unpaired) electrons. The number of Topliss-reactive ketones (excluding diaryl/α,β-unsaturated/α-hetero) is 1. The van der Waals surface area contributed by atoms with Gasteiger partial charge in [0.2, 0.25) is 0 Å². The Morgan fingerprint density at radius 2 is 2.06 bits per heavy atom. The van der Waals surface area contributed by atoms with Crippen molar-refractivity contribution >= 4 is 11.6 Å². The molecule has 1 heterocycles. The van der Waals surface area contributed by atoms with Crippen molar-refractivity contribution in [3.63, 3.8) is 0 Å². The van der Waals surface area contributed by atoms with E-state index >= 15 is 0 Å². The Hall–Kier alpha value is -1.45. The summed E-state index contributed by atoms with van der Waals surface area (Å²) >= 11 is 0. The van der Waals surface area contributed by atoms with Gasteiger partial charge in [0.05, 0.1) is 0 Å². The SMILES string of the molecule is CCc1cc(NC2CCC(C(C)=O)CC2)ncn1. The number of carbonyl (C=O) groups is 1. The summed E-state index contributed by atoms with van der Waals surface area (Å²) < 4.78 is 0. The van der Waals surface area contributed by atoms with Crippen LogP contribution in [0.2, 0.25) is 0 Å². The predicted octanol–water partition coefficient (Wildman–Crippen LogP) is 2.60. The van der Waals surface area contributed by atoms with E-state index in [1.54, 1.807) is 13.3 Å². The first-order valence-electron chi connectivity index (χ1n) is 6.77. The first kappa shape index (κ1) is 13.0. The number of nitrogens with zero attached hydrogens (tertiary/aromatic N) is 2. The van der Waals surface area contributed by atoms with Gasteiger partial charge in [-0.15, -0.1) is 0 Å². The van der Waals surface area contributed by atoms with E-state index < -0.39 is 0 Å². The van der Waals surface area contributed by atoms with Gasteiger partial charge in [-0.3, -0.25) is 4.79 Å². The molecular weight excluding hydrogens is 226 g/mol. The Labute approximate surface area is 108 Å². The lowest BCUT2D eigenvalue weighted by molar-refractivity contribution is -0.121. The molecule has 1 saturated carbocycles. The molecule has 0 saturated heterocycles.